The molecule has 0 saturated heterocycles. The molecule has 0 amide bonds. The lowest BCUT2D eigenvalue weighted by Crippen LogP contribution is -2.02. The normalized spacial score (nSPS) is 11.2. The molecule has 0 spiro atoms. The number of pyridine rings is 1. The molecule has 2 aromatic carbocycles. The van der Waals surface area contributed by atoms with E-state index in [0.29, 0.717) is 6.54 Å². The zero-order chi connectivity index (χ0) is 23.7. The first kappa shape index (κ1) is 21.7. The van der Waals surface area contributed by atoms with Crippen molar-refractivity contribution < 1.29 is 4.74 Å². The highest BCUT2D eigenvalue weighted by molar-refractivity contribution is 5.78. The van der Waals surface area contributed by atoms with Gasteiger partial charge in [-0.2, -0.15) is 0 Å². The molecule has 0 radical (unpaired) electrons. The van der Waals surface area contributed by atoms with Crippen LogP contribution in [-0.4, -0.2) is 32.6 Å². The molecule has 172 valence electrons. The fourth-order valence-corrected chi connectivity index (χ4v) is 4.18. The predicted molar refractivity (Wildman–Crippen MR) is 136 cm³/mol. The maximum absolute atomic E-state index is 5.76. The zero-order valence-electron chi connectivity index (χ0n) is 19.6. The van der Waals surface area contributed by atoms with Crippen LogP contribution in [0.15, 0.2) is 73.4 Å². The first-order valence-corrected chi connectivity index (χ1v) is 11.3. The summed E-state index contributed by atoms with van der Waals surface area (Å²) in [6.07, 6.45) is 8.70. The Bertz CT molecular complexity index is 1470. The molecule has 0 fully saturated rings. The highest BCUT2D eigenvalue weighted by Gasteiger charge is 2.13. The molecule has 7 nitrogen and oxygen atoms in total. The number of anilines is 2. The van der Waals surface area contributed by atoms with Crippen molar-refractivity contribution in [3.8, 4) is 22.7 Å². The van der Waals surface area contributed by atoms with E-state index in [1.54, 1.807) is 13.4 Å². The number of rotatable bonds is 7. The van der Waals surface area contributed by atoms with Crippen molar-refractivity contribution in [3.05, 3.63) is 90.3 Å². The van der Waals surface area contributed by atoms with Gasteiger partial charge in [-0.05, 0) is 68.3 Å². The van der Waals surface area contributed by atoms with Crippen LogP contribution < -0.4 is 15.8 Å². The smallest absolute Gasteiger partial charge is 0.161 e. The van der Waals surface area contributed by atoms with E-state index < -0.39 is 0 Å². The van der Waals surface area contributed by atoms with Gasteiger partial charge in [0.25, 0.3) is 0 Å². The van der Waals surface area contributed by atoms with Gasteiger partial charge in [-0.1, -0.05) is 12.1 Å². The third kappa shape index (κ3) is 4.13. The van der Waals surface area contributed by atoms with Gasteiger partial charge in [0, 0.05) is 35.9 Å². The number of ether oxygens (including phenoxy) is 1. The van der Waals surface area contributed by atoms with Crippen molar-refractivity contribution in [2.24, 2.45) is 5.73 Å². The molecule has 0 aliphatic heterocycles. The summed E-state index contributed by atoms with van der Waals surface area (Å²) in [4.78, 5) is 9.29. The molecule has 0 atom stereocenters. The Hall–Kier alpha value is -4.10. The van der Waals surface area contributed by atoms with Crippen molar-refractivity contribution in [2.75, 3.05) is 19.0 Å². The van der Waals surface area contributed by atoms with Crippen molar-refractivity contribution in [3.63, 3.8) is 0 Å². The lowest BCUT2D eigenvalue weighted by molar-refractivity contribution is 0.413. The third-order valence-electron chi connectivity index (χ3n) is 5.94. The van der Waals surface area contributed by atoms with Crippen LogP contribution in [0.4, 0.5) is 11.4 Å². The first-order valence-electron chi connectivity index (χ1n) is 11.3. The largest absolute Gasteiger partial charge is 0.494 e. The van der Waals surface area contributed by atoms with Crippen LogP contribution in [0.3, 0.4) is 0 Å². The minimum atomic E-state index is 0.629. The van der Waals surface area contributed by atoms with Crippen LogP contribution in [0.25, 0.3) is 22.6 Å². The molecule has 3 N–H and O–H groups in total. The standard InChI is InChI=1S/C27H28N6O/c1-18-6-7-20(10-11-28)13-22(18)24-16-32-12-4-5-23(27(32)31-24)30-21-8-9-25(26(14-21)34-3)33-15-19(2)29-17-33/h4-9,12-17,30H,10-11,28H2,1-3H3. The molecule has 5 rings (SSSR count). The number of hydrogen-bond acceptors (Lipinski definition) is 5. The Morgan fingerprint density at radius 3 is 2.71 bits per heavy atom. The van der Waals surface area contributed by atoms with Crippen molar-refractivity contribution in [2.45, 2.75) is 20.3 Å². The van der Waals surface area contributed by atoms with E-state index in [1.165, 1.54) is 11.1 Å². The van der Waals surface area contributed by atoms with E-state index in [-0.39, 0.29) is 0 Å². The molecule has 34 heavy (non-hydrogen) atoms. The summed E-state index contributed by atoms with van der Waals surface area (Å²) in [6.45, 7) is 4.71. The quantitative estimate of drug-likeness (QED) is 0.361. The van der Waals surface area contributed by atoms with Gasteiger partial charge < -0.3 is 24.8 Å². The molecule has 5 aromatic rings. The van der Waals surface area contributed by atoms with Crippen LogP contribution in [0.5, 0.6) is 5.75 Å². The molecule has 3 heterocycles. The van der Waals surface area contributed by atoms with Crippen LogP contribution in [0, 0.1) is 13.8 Å². The molecule has 0 bridgehead atoms. The molecular formula is C27H28N6O. The van der Waals surface area contributed by atoms with Gasteiger partial charge >= 0.3 is 0 Å². The first-order chi connectivity index (χ1) is 16.6. The second-order valence-corrected chi connectivity index (χ2v) is 8.40. The Labute approximate surface area is 198 Å². The highest BCUT2D eigenvalue weighted by Crippen LogP contribution is 2.31. The number of nitrogens with zero attached hydrogens (tertiary/aromatic N) is 4. The Kier molecular flexibility index (Phi) is 5.77. The fraction of sp³-hybridized carbons (Fsp3) is 0.185. The maximum Gasteiger partial charge on any atom is 0.161 e. The number of methoxy groups -OCH3 is 1. The maximum atomic E-state index is 5.76. The SMILES string of the molecule is COc1cc(Nc2cccn3cc(-c4cc(CCN)ccc4C)nc23)ccc1-n1cnc(C)c1. The molecule has 7 heteroatoms. The second-order valence-electron chi connectivity index (χ2n) is 8.40. The molecule has 0 saturated carbocycles. The van der Waals surface area contributed by atoms with Crippen molar-refractivity contribution >= 4 is 17.0 Å². The number of hydrogen-bond donors (Lipinski definition) is 2. The number of aryl methyl sites for hydroxylation is 2. The summed E-state index contributed by atoms with van der Waals surface area (Å²) in [7, 11) is 1.68. The van der Waals surface area contributed by atoms with Gasteiger partial charge in [-0.25, -0.2) is 9.97 Å². The highest BCUT2D eigenvalue weighted by atomic mass is 16.5. The Balaban J connectivity index is 1.50. The number of fused-ring (bicyclic) bond motifs is 1. The number of imidazole rings is 2. The van der Waals surface area contributed by atoms with E-state index in [2.05, 4.69) is 41.6 Å². The number of aromatic nitrogens is 4. The lowest BCUT2D eigenvalue weighted by atomic mass is 10.0. The van der Waals surface area contributed by atoms with Gasteiger partial charge in [-0.15, -0.1) is 0 Å². The molecule has 0 aliphatic carbocycles. The summed E-state index contributed by atoms with van der Waals surface area (Å²) in [5, 5.41) is 3.51. The monoisotopic (exact) mass is 452 g/mol. The Morgan fingerprint density at radius 2 is 1.94 bits per heavy atom. The van der Waals surface area contributed by atoms with E-state index in [4.69, 9.17) is 15.5 Å². The number of nitrogens with two attached hydrogens (primary N) is 1. The number of nitrogens with one attached hydrogen (secondary N) is 1. The van der Waals surface area contributed by atoms with Crippen LogP contribution in [-0.2, 0) is 6.42 Å². The Morgan fingerprint density at radius 1 is 1.06 bits per heavy atom. The minimum absolute atomic E-state index is 0.629. The minimum Gasteiger partial charge on any atom is -0.494 e. The summed E-state index contributed by atoms with van der Waals surface area (Å²) >= 11 is 0. The van der Waals surface area contributed by atoms with E-state index in [1.807, 2.05) is 58.6 Å². The summed E-state index contributed by atoms with van der Waals surface area (Å²) < 4.78 is 9.67. The average Bonchev–Trinajstić information content (AvgIpc) is 3.47. The molecule has 0 aliphatic rings. The lowest BCUT2D eigenvalue weighted by Gasteiger charge is -2.13. The molecule has 0 unspecified atom stereocenters. The summed E-state index contributed by atoms with van der Waals surface area (Å²) in [6, 6.07) is 16.5. The van der Waals surface area contributed by atoms with Gasteiger partial charge in [0.05, 0.1) is 36.2 Å². The summed E-state index contributed by atoms with van der Waals surface area (Å²) in [5.74, 6) is 0.755. The van der Waals surface area contributed by atoms with Gasteiger partial charge in [-0.3, -0.25) is 0 Å². The zero-order valence-corrected chi connectivity index (χ0v) is 19.6. The third-order valence-corrected chi connectivity index (χ3v) is 5.94. The molecule has 3 aromatic heterocycles. The average molecular weight is 453 g/mol. The fourth-order valence-electron chi connectivity index (χ4n) is 4.18. The van der Waals surface area contributed by atoms with E-state index >= 15 is 0 Å². The topological polar surface area (TPSA) is 82.4 Å². The van der Waals surface area contributed by atoms with Crippen molar-refractivity contribution in [1.29, 1.82) is 0 Å². The van der Waals surface area contributed by atoms with E-state index in [9.17, 15) is 0 Å². The van der Waals surface area contributed by atoms with Gasteiger partial charge in [0.15, 0.2) is 5.65 Å². The second kappa shape index (κ2) is 9.03. The van der Waals surface area contributed by atoms with Crippen LogP contribution in [0.2, 0.25) is 0 Å². The van der Waals surface area contributed by atoms with Crippen LogP contribution in [0.1, 0.15) is 16.8 Å². The summed E-state index contributed by atoms with van der Waals surface area (Å²) in [5.41, 5.74) is 14.8. The predicted octanol–water partition coefficient (Wildman–Crippen LogP) is 5.06. The molecular weight excluding hydrogens is 424 g/mol. The van der Waals surface area contributed by atoms with Gasteiger partial charge in [0.1, 0.15) is 5.75 Å². The number of benzene rings is 2. The van der Waals surface area contributed by atoms with Crippen LogP contribution >= 0.6 is 0 Å². The van der Waals surface area contributed by atoms with Gasteiger partial charge in [0.2, 0.25) is 0 Å². The van der Waals surface area contributed by atoms with E-state index in [0.717, 1.165) is 51.8 Å². The van der Waals surface area contributed by atoms with Crippen molar-refractivity contribution in [1.82, 2.24) is 18.9 Å².